The lowest BCUT2D eigenvalue weighted by atomic mass is 10.1. The zero-order valence-electron chi connectivity index (χ0n) is 12.5. The van der Waals surface area contributed by atoms with Gasteiger partial charge in [-0.15, -0.1) is 11.3 Å². The number of aliphatic hydroxyl groups excluding tert-OH is 1. The summed E-state index contributed by atoms with van der Waals surface area (Å²) in [7, 11) is -3.48. The number of aryl methyl sites for hydroxylation is 1. The van der Waals surface area contributed by atoms with Gasteiger partial charge in [-0.05, 0) is 25.8 Å². The third kappa shape index (κ3) is 4.84. The zero-order chi connectivity index (χ0) is 15.2. The van der Waals surface area contributed by atoms with Crippen molar-refractivity contribution in [3.8, 4) is 0 Å². The summed E-state index contributed by atoms with van der Waals surface area (Å²) in [6.07, 6.45) is 4.78. The molecule has 116 valence electrons. The molecule has 6 heteroatoms. The largest absolute Gasteiger partial charge is 0.391 e. The van der Waals surface area contributed by atoms with Crippen LogP contribution in [0.15, 0.2) is 11.0 Å². The van der Waals surface area contributed by atoms with E-state index in [4.69, 9.17) is 5.11 Å². The van der Waals surface area contributed by atoms with Crippen molar-refractivity contribution in [2.45, 2.75) is 70.4 Å². The fourth-order valence-corrected chi connectivity index (χ4v) is 5.01. The maximum atomic E-state index is 12.4. The predicted molar refractivity (Wildman–Crippen MR) is 83.5 cm³/mol. The summed E-state index contributed by atoms with van der Waals surface area (Å²) in [6.45, 7) is 5.83. The molecule has 4 nitrogen and oxygen atoms in total. The Balaban J connectivity index is 2.87. The molecule has 1 aromatic heterocycles. The maximum Gasteiger partial charge on any atom is 0.241 e. The van der Waals surface area contributed by atoms with Crippen LogP contribution in [0, 0.1) is 6.92 Å². The molecule has 1 atom stereocenters. The van der Waals surface area contributed by atoms with Crippen LogP contribution in [-0.2, 0) is 16.6 Å². The molecule has 0 spiro atoms. The molecule has 0 amide bonds. The zero-order valence-corrected chi connectivity index (χ0v) is 14.1. The first-order valence-electron chi connectivity index (χ1n) is 7.17. The lowest BCUT2D eigenvalue weighted by molar-refractivity contribution is 0.285. The Morgan fingerprint density at radius 1 is 1.30 bits per heavy atom. The minimum atomic E-state index is -3.48. The highest BCUT2D eigenvalue weighted by Crippen LogP contribution is 2.26. The molecular formula is C14H25NO3S2. The number of rotatable bonds is 9. The Morgan fingerprint density at radius 3 is 2.50 bits per heavy atom. The van der Waals surface area contributed by atoms with Crippen LogP contribution in [0.5, 0.6) is 0 Å². The molecule has 0 saturated carbocycles. The fourth-order valence-electron chi connectivity index (χ4n) is 2.21. The summed E-state index contributed by atoms with van der Waals surface area (Å²) >= 11 is 1.33. The average Bonchev–Trinajstić information content (AvgIpc) is 2.78. The fraction of sp³-hybridized carbons (Fsp3) is 0.714. The standard InChI is InChI=1S/C14H25NO3S2/c1-4-6-8-12(7-5-2)15-20(17,18)14-9-13(10-16)19-11(14)3/h9,12,15-16H,4-8,10H2,1-3H3. The van der Waals surface area contributed by atoms with E-state index in [1.807, 2.05) is 0 Å². The molecule has 1 rings (SSSR count). The van der Waals surface area contributed by atoms with Gasteiger partial charge < -0.3 is 5.11 Å². The number of aliphatic hydroxyl groups is 1. The number of thiophene rings is 1. The van der Waals surface area contributed by atoms with E-state index < -0.39 is 10.0 Å². The second-order valence-electron chi connectivity index (χ2n) is 5.04. The summed E-state index contributed by atoms with van der Waals surface area (Å²) in [5, 5.41) is 9.12. The van der Waals surface area contributed by atoms with Gasteiger partial charge in [-0.25, -0.2) is 13.1 Å². The van der Waals surface area contributed by atoms with Gasteiger partial charge >= 0.3 is 0 Å². The molecule has 1 unspecified atom stereocenters. The lowest BCUT2D eigenvalue weighted by Crippen LogP contribution is -2.34. The van der Waals surface area contributed by atoms with E-state index in [1.54, 1.807) is 13.0 Å². The van der Waals surface area contributed by atoms with Gasteiger partial charge in [0.05, 0.1) is 11.5 Å². The van der Waals surface area contributed by atoms with Crippen LogP contribution in [0.25, 0.3) is 0 Å². The van der Waals surface area contributed by atoms with Crippen molar-refractivity contribution in [3.05, 3.63) is 15.8 Å². The van der Waals surface area contributed by atoms with E-state index in [1.165, 1.54) is 11.3 Å². The minimum absolute atomic E-state index is 0.00169. The summed E-state index contributed by atoms with van der Waals surface area (Å²) in [6, 6.07) is 1.58. The van der Waals surface area contributed by atoms with E-state index in [0.717, 1.165) is 37.0 Å². The van der Waals surface area contributed by atoms with Crippen LogP contribution < -0.4 is 4.72 Å². The Bertz CT molecular complexity index is 508. The van der Waals surface area contributed by atoms with Gasteiger partial charge in [0.2, 0.25) is 10.0 Å². The van der Waals surface area contributed by atoms with E-state index in [9.17, 15) is 8.42 Å². The van der Waals surface area contributed by atoms with Crippen molar-refractivity contribution in [2.24, 2.45) is 0 Å². The molecule has 20 heavy (non-hydrogen) atoms. The molecule has 0 aliphatic rings. The highest BCUT2D eigenvalue weighted by Gasteiger charge is 2.23. The lowest BCUT2D eigenvalue weighted by Gasteiger charge is -2.17. The third-order valence-corrected chi connectivity index (χ3v) is 6.04. The Labute approximate surface area is 126 Å². The smallest absolute Gasteiger partial charge is 0.241 e. The molecule has 0 aliphatic carbocycles. The van der Waals surface area contributed by atoms with Crippen molar-refractivity contribution in [3.63, 3.8) is 0 Å². The highest BCUT2D eigenvalue weighted by atomic mass is 32.2. The van der Waals surface area contributed by atoms with Gasteiger partial charge in [-0.1, -0.05) is 33.1 Å². The number of nitrogens with one attached hydrogen (secondary N) is 1. The monoisotopic (exact) mass is 319 g/mol. The van der Waals surface area contributed by atoms with Crippen molar-refractivity contribution >= 4 is 21.4 Å². The second kappa shape index (κ2) is 8.12. The van der Waals surface area contributed by atoms with Gasteiger partial charge in [0.25, 0.3) is 0 Å². The van der Waals surface area contributed by atoms with Crippen LogP contribution in [0.3, 0.4) is 0 Å². The molecule has 0 bridgehead atoms. The molecule has 1 aromatic rings. The number of hydrogen-bond donors (Lipinski definition) is 2. The molecule has 0 saturated heterocycles. The first-order valence-corrected chi connectivity index (χ1v) is 9.47. The summed E-state index contributed by atoms with van der Waals surface area (Å²) in [5.74, 6) is 0. The van der Waals surface area contributed by atoms with E-state index in [-0.39, 0.29) is 12.6 Å². The summed E-state index contributed by atoms with van der Waals surface area (Å²) in [4.78, 5) is 1.72. The SMILES string of the molecule is CCCCC(CCC)NS(=O)(=O)c1cc(CO)sc1C. The minimum Gasteiger partial charge on any atom is -0.391 e. The second-order valence-corrected chi connectivity index (χ2v) is 8.06. The number of sulfonamides is 1. The van der Waals surface area contributed by atoms with E-state index >= 15 is 0 Å². The predicted octanol–water partition coefficient (Wildman–Crippen LogP) is 3.19. The van der Waals surface area contributed by atoms with Gasteiger partial charge in [0.15, 0.2) is 0 Å². The summed E-state index contributed by atoms with van der Waals surface area (Å²) in [5.41, 5.74) is 0. The quantitative estimate of drug-likeness (QED) is 0.734. The van der Waals surface area contributed by atoms with E-state index in [2.05, 4.69) is 18.6 Å². The molecule has 2 N–H and O–H groups in total. The molecule has 0 radical (unpaired) electrons. The van der Waals surface area contributed by atoms with Gasteiger partial charge in [0, 0.05) is 15.8 Å². The van der Waals surface area contributed by atoms with Crippen molar-refractivity contribution in [2.75, 3.05) is 0 Å². The molecule has 1 heterocycles. The van der Waals surface area contributed by atoms with Gasteiger partial charge in [-0.2, -0.15) is 0 Å². The molecule has 0 aromatic carbocycles. The molecule has 0 aliphatic heterocycles. The topological polar surface area (TPSA) is 66.4 Å². The van der Waals surface area contributed by atoms with Gasteiger partial charge in [0.1, 0.15) is 0 Å². The Hall–Kier alpha value is -0.430. The normalized spacial score (nSPS) is 13.6. The average molecular weight is 319 g/mol. The number of hydrogen-bond acceptors (Lipinski definition) is 4. The van der Waals surface area contributed by atoms with Crippen LogP contribution in [-0.4, -0.2) is 19.6 Å². The van der Waals surface area contributed by atoms with Crippen molar-refractivity contribution in [1.29, 1.82) is 0 Å². The van der Waals surface area contributed by atoms with Crippen LogP contribution in [0.2, 0.25) is 0 Å². The van der Waals surface area contributed by atoms with Crippen LogP contribution in [0.1, 0.15) is 55.7 Å². The highest BCUT2D eigenvalue weighted by molar-refractivity contribution is 7.89. The first kappa shape index (κ1) is 17.6. The maximum absolute atomic E-state index is 12.4. The Morgan fingerprint density at radius 2 is 2.00 bits per heavy atom. The van der Waals surface area contributed by atoms with E-state index in [0.29, 0.717) is 9.77 Å². The van der Waals surface area contributed by atoms with Crippen LogP contribution >= 0.6 is 11.3 Å². The first-order chi connectivity index (χ1) is 9.44. The molecule has 0 fully saturated rings. The van der Waals surface area contributed by atoms with Crippen molar-refractivity contribution < 1.29 is 13.5 Å². The molecular weight excluding hydrogens is 294 g/mol. The third-order valence-electron chi connectivity index (χ3n) is 3.23. The van der Waals surface area contributed by atoms with Crippen LogP contribution in [0.4, 0.5) is 0 Å². The number of unbranched alkanes of at least 4 members (excludes halogenated alkanes) is 1. The van der Waals surface area contributed by atoms with Crippen molar-refractivity contribution in [1.82, 2.24) is 4.72 Å². The Kier molecular flexibility index (Phi) is 7.15. The van der Waals surface area contributed by atoms with Gasteiger partial charge in [-0.3, -0.25) is 0 Å². The summed E-state index contributed by atoms with van der Waals surface area (Å²) < 4.78 is 27.7.